The summed E-state index contributed by atoms with van der Waals surface area (Å²) in [7, 11) is 0. The number of rotatable bonds is 4. The molecule has 19 heavy (non-hydrogen) atoms. The minimum absolute atomic E-state index is 0.249. The molecule has 0 saturated carbocycles. The average Bonchev–Trinajstić information content (AvgIpc) is 2.65. The Bertz CT molecular complexity index is 406. The monoisotopic (exact) mass is 260 g/mol. The van der Waals surface area contributed by atoms with Gasteiger partial charge in [0.2, 0.25) is 0 Å². The van der Waals surface area contributed by atoms with Gasteiger partial charge in [0.1, 0.15) is 0 Å². The Morgan fingerprint density at radius 1 is 1.26 bits per heavy atom. The van der Waals surface area contributed by atoms with Crippen molar-refractivity contribution in [3.8, 4) is 0 Å². The van der Waals surface area contributed by atoms with E-state index in [9.17, 15) is 0 Å². The van der Waals surface area contributed by atoms with Crippen LogP contribution in [0.15, 0.2) is 24.3 Å². The molecule has 0 spiro atoms. The van der Waals surface area contributed by atoms with Gasteiger partial charge in [-0.3, -0.25) is 0 Å². The van der Waals surface area contributed by atoms with Gasteiger partial charge in [0.15, 0.2) is 0 Å². The van der Waals surface area contributed by atoms with Crippen LogP contribution in [0.3, 0.4) is 0 Å². The molecular formula is C17H28N2. The lowest BCUT2D eigenvalue weighted by atomic mass is 9.94. The highest BCUT2D eigenvalue weighted by Gasteiger charge is 2.37. The Balaban J connectivity index is 2.16. The number of anilines is 1. The predicted octanol–water partition coefficient (Wildman–Crippen LogP) is 3.76. The zero-order valence-electron chi connectivity index (χ0n) is 12.8. The lowest BCUT2D eigenvalue weighted by Crippen LogP contribution is -2.38. The van der Waals surface area contributed by atoms with Crippen LogP contribution < -0.4 is 10.6 Å². The van der Waals surface area contributed by atoms with Crippen LogP contribution in [-0.4, -0.2) is 18.6 Å². The molecule has 1 atom stereocenters. The van der Waals surface area contributed by atoms with Gasteiger partial charge < -0.3 is 10.6 Å². The molecule has 1 aromatic carbocycles. The molecule has 1 heterocycles. The van der Waals surface area contributed by atoms with Crippen LogP contribution in [0.25, 0.3) is 0 Å². The summed E-state index contributed by atoms with van der Waals surface area (Å²) in [6.07, 6.45) is 2.39. The molecule has 2 heteroatoms. The van der Waals surface area contributed by atoms with Gasteiger partial charge in [0.25, 0.3) is 0 Å². The molecule has 2 nitrogen and oxygen atoms in total. The van der Waals surface area contributed by atoms with Crippen LogP contribution in [0.2, 0.25) is 0 Å². The Morgan fingerprint density at radius 2 is 1.89 bits per heavy atom. The van der Waals surface area contributed by atoms with Crippen LogP contribution in [0, 0.1) is 5.92 Å². The van der Waals surface area contributed by atoms with E-state index in [0.717, 1.165) is 25.4 Å². The molecule has 1 aromatic rings. The lowest BCUT2D eigenvalue weighted by Gasteiger charge is -2.33. The summed E-state index contributed by atoms with van der Waals surface area (Å²) < 4.78 is 0. The molecule has 0 bridgehead atoms. The normalized spacial score (nSPS) is 22.2. The zero-order valence-corrected chi connectivity index (χ0v) is 12.8. The minimum atomic E-state index is 0.249. The quantitative estimate of drug-likeness (QED) is 0.893. The molecule has 0 aliphatic carbocycles. The number of hydrogen-bond donors (Lipinski definition) is 1. The molecule has 106 valence electrons. The number of hydrogen-bond acceptors (Lipinski definition) is 2. The highest BCUT2D eigenvalue weighted by atomic mass is 15.2. The van der Waals surface area contributed by atoms with Crippen molar-refractivity contribution < 1.29 is 0 Å². The van der Waals surface area contributed by atoms with Gasteiger partial charge in [-0.05, 0) is 62.8 Å². The van der Waals surface area contributed by atoms with E-state index in [1.165, 1.54) is 17.7 Å². The first-order valence-electron chi connectivity index (χ1n) is 7.51. The Morgan fingerprint density at radius 3 is 2.42 bits per heavy atom. The maximum Gasteiger partial charge on any atom is 0.0370 e. The summed E-state index contributed by atoms with van der Waals surface area (Å²) in [4.78, 5) is 2.55. The molecule has 1 saturated heterocycles. The van der Waals surface area contributed by atoms with Crippen molar-refractivity contribution in [1.82, 2.24) is 0 Å². The van der Waals surface area contributed by atoms with Gasteiger partial charge in [-0.1, -0.05) is 26.0 Å². The molecule has 2 rings (SSSR count). The van der Waals surface area contributed by atoms with Crippen LogP contribution >= 0.6 is 0 Å². The van der Waals surface area contributed by atoms with Crippen LogP contribution in [-0.2, 0) is 0 Å². The Hall–Kier alpha value is -1.02. The second kappa shape index (κ2) is 5.54. The van der Waals surface area contributed by atoms with Gasteiger partial charge in [0.05, 0.1) is 0 Å². The maximum absolute atomic E-state index is 5.72. The van der Waals surface area contributed by atoms with Gasteiger partial charge in [-0.2, -0.15) is 0 Å². The van der Waals surface area contributed by atoms with E-state index in [1.807, 2.05) is 0 Å². The van der Waals surface area contributed by atoms with E-state index in [2.05, 4.69) is 56.9 Å². The van der Waals surface area contributed by atoms with Crippen molar-refractivity contribution in [3.63, 3.8) is 0 Å². The third kappa shape index (κ3) is 3.11. The third-order valence-corrected chi connectivity index (χ3v) is 4.41. The summed E-state index contributed by atoms with van der Waals surface area (Å²) in [5.41, 5.74) is 8.74. The summed E-state index contributed by atoms with van der Waals surface area (Å²) in [6.45, 7) is 11.1. The second-order valence-corrected chi connectivity index (χ2v) is 6.82. The molecule has 1 aliphatic rings. The first-order chi connectivity index (χ1) is 8.94. The van der Waals surface area contributed by atoms with E-state index in [4.69, 9.17) is 5.73 Å². The van der Waals surface area contributed by atoms with Crippen molar-refractivity contribution in [3.05, 3.63) is 29.8 Å². The minimum Gasteiger partial charge on any atom is -0.366 e. The lowest BCUT2D eigenvalue weighted by molar-refractivity contribution is 0.458. The molecule has 1 fully saturated rings. The standard InChI is InChI=1S/C17H28N2/c1-13(2)15-5-7-16(8-6-15)19-12-14(9-10-18)11-17(19,3)4/h5-8,13-14H,9-12,18H2,1-4H3. The Kier molecular flexibility index (Phi) is 4.19. The van der Waals surface area contributed by atoms with Gasteiger partial charge >= 0.3 is 0 Å². The first-order valence-corrected chi connectivity index (χ1v) is 7.51. The Labute approximate surface area is 118 Å². The number of nitrogens with two attached hydrogens (primary N) is 1. The molecule has 2 N–H and O–H groups in total. The highest BCUT2D eigenvalue weighted by molar-refractivity contribution is 5.51. The first kappa shape index (κ1) is 14.4. The fraction of sp³-hybridized carbons (Fsp3) is 0.647. The third-order valence-electron chi connectivity index (χ3n) is 4.41. The fourth-order valence-electron chi connectivity index (χ4n) is 3.31. The maximum atomic E-state index is 5.72. The molecular weight excluding hydrogens is 232 g/mol. The predicted molar refractivity (Wildman–Crippen MR) is 83.7 cm³/mol. The van der Waals surface area contributed by atoms with E-state index in [-0.39, 0.29) is 5.54 Å². The fourth-order valence-corrected chi connectivity index (χ4v) is 3.31. The smallest absolute Gasteiger partial charge is 0.0370 e. The van der Waals surface area contributed by atoms with E-state index >= 15 is 0 Å². The largest absolute Gasteiger partial charge is 0.366 e. The summed E-state index contributed by atoms with van der Waals surface area (Å²) in [5, 5.41) is 0. The van der Waals surface area contributed by atoms with Crippen LogP contribution in [0.5, 0.6) is 0 Å². The number of nitrogens with zero attached hydrogens (tertiary/aromatic N) is 1. The molecule has 1 unspecified atom stereocenters. The SMILES string of the molecule is CC(C)c1ccc(N2CC(CCN)CC2(C)C)cc1. The van der Waals surface area contributed by atoms with Crippen LogP contribution in [0.1, 0.15) is 52.0 Å². The van der Waals surface area contributed by atoms with E-state index in [1.54, 1.807) is 0 Å². The van der Waals surface area contributed by atoms with Crippen molar-refractivity contribution in [2.24, 2.45) is 11.7 Å². The second-order valence-electron chi connectivity index (χ2n) is 6.82. The zero-order chi connectivity index (χ0) is 14.0. The average molecular weight is 260 g/mol. The highest BCUT2D eigenvalue weighted by Crippen LogP contribution is 2.38. The number of benzene rings is 1. The van der Waals surface area contributed by atoms with Crippen molar-refractivity contribution in [2.75, 3.05) is 18.0 Å². The summed E-state index contributed by atoms with van der Waals surface area (Å²) >= 11 is 0. The van der Waals surface area contributed by atoms with E-state index < -0.39 is 0 Å². The van der Waals surface area contributed by atoms with Crippen LogP contribution in [0.4, 0.5) is 5.69 Å². The van der Waals surface area contributed by atoms with Gasteiger partial charge in [0, 0.05) is 17.8 Å². The van der Waals surface area contributed by atoms with E-state index in [0.29, 0.717) is 5.92 Å². The summed E-state index contributed by atoms with van der Waals surface area (Å²) in [5.74, 6) is 1.34. The topological polar surface area (TPSA) is 29.3 Å². The van der Waals surface area contributed by atoms with Crippen molar-refractivity contribution in [1.29, 1.82) is 0 Å². The molecule has 0 aromatic heterocycles. The van der Waals surface area contributed by atoms with Crippen molar-refractivity contribution >= 4 is 5.69 Å². The summed E-state index contributed by atoms with van der Waals surface area (Å²) in [6, 6.07) is 9.10. The molecule has 1 aliphatic heterocycles. The molecule has 0 radical (unpaired) electrons. The molecule has 0 amide bonds. The van der Waals surface area contributed by atoms with Gasteiger partial charge in [-0.15, -0.1) is 0 Å². The van der Waals surface area contributed by atoms with Gasteiger partial charge in [-0.25, -0.2) is 0 Å². The van der Waals surface area contributed by atoms with Crippen molar-refractivity contribution in [2.45, 2.75) is 52.0 Å².